The van der Waals surface area contributed by atoms with Crippen molar-refractivity contribution in [3.63, 3.8) is 0 Å². The summed E-state index contributed by atoms with van der Waals surface area (Å²) in [4.78, 5) is 25.3. The quantitative estimate of drug-likeness (QED) is 0.528. The molecule has 1 aromatic heterocycles. The summed E-state index contributed by atoms with van der Waals surface area (Å²) in [6, 6.07) is 2.04. The predicted molar refractivity (Wildman–Crippen MR) is 129 cm³/mol. The molecule has 5 rings (SSSR count). The molecule has 1 amide bonds. The molecule has 35 heavy (non-hydrogen) atoms. The van der Waals surface area contributed by atoms with Gasteiger partial charge in [-0.2, -0.15) is 0 Å². The Balaban J connectivity index is 1.09. The largest absolute Gasteiger partial charge is 0.493 e. The van der Waals surface area contributed by atoms with Crippen molar-refractivity contribution in [2.45, 2.75) is 51.9 Å². The maximum atomic E-state index is 14.4. The van der Waals surface area contributed by atoms with Gasteiger partial charge in [0.2, 0.25) is 11.9 Å². The van der Waals surface area contributed by atoms with Crippen LogP contribution in [-0.4, -0.2) is 53.6 Å². The van der Waals surface area contributed by atoms with Crippen molar-refractivity contribution >= 4 is 11.9 Å². The Hall–Kier alpha value is -2.77. The summed E-state index contributed by atoms with van der Waals surface area (Å²) >= 11 is 0. The Bertz CT molecular complexity index is 1040. The molecule has 1 aromatic carbocycles. The molecule has 3 heterocycles. The van der Waals surface area contributed by atoms with Crippen LogP contribution >= 0.6 is 0 Å². The maximum absolute atomic E-state index is 14.4. The Morgan fingerprint density at radius 2 is 1.86 bits per heavy atom. The molecule has 2 saturated heterocycles. The molecule has 2 aliphatic heterocycles. The monoisotopic (exact) mass is 484 g/mol. The van der Waals surface area contributed by atoms with Gasteiger partial charge in [-0.05, 0) is 61.8 Å². The number of carbonyl (C=O) groups is 1. The lowest BCUT2D eigenvalue weighted by Crippen LogP contribution is -2.43. The van der Waals surface area contributed by atoms with Crippen LogP contribution in [0.4, 0.5) is 14.7 Å². The number of aromatic nitrogens is 2. The first-order valence-corrected chi connectivity index (χ1v) is 13.0. The van der Waals surface area contributed by atoms with Gasteiger partial charge in [-0.25, -0.2) is 18.7 Å². The number of benzene rings is 1. The van der Waals surface area contributed by atoms with E-state index in [9.17, 15) is 13.6 Å². The highest BCUT2D eigenvalue weighted by atomic mass is 19.1. The zero-order valence-corrected chi connectivity index (χ0v) is 20.4. The number of hydrogen-bond donors (Lipinski definition) is 0. The molecule has 1 saturated carbocycles. The van der Waals surface area contributed by atoms with E-state index in [1.54, 1.807) is 4.90 Å². The average Bonchev–Trinajstić information content (AvgIpc) is 3.60. The number of amides is 1. The minimum absolute atomic E-state index is 0.0863. The summed E-state index contributed by atoms with van der Waals surface area (Å²) in [7, 11) is 0. The molecule has 1 aliphatic carbocycles. The zero-order valence-electron chi connectivity index (χ0n) is 20.4. The summed E-state index contributed by atoms with van der Waals surface area (Å²) in [6.45, 7) is 5.88. The van der Waals surface area contributed by atoms with Gasteiger partial charge >= 0.3 is 0 Å². The highest BCUT2D eigenvalue weighted by Crippen LogP contribution is 2.50. The Morgan fingerprint density at radius 1 is 1.11 bits per heavy atom. The summed E-state index contributed by atoms with van der Waals surface area (Å²) < 4.78 is 34.1. The number of nitrogens with zero attached hydrogens (tertiary/aromatic N) is 4. The van der Waals surface area contributed by atoms with Crippen molar-refractivity contribution in [1.29, 1.82) is 0 Å². The highest BCUT2D eigenvalue weighted by Gasteiger charge is 2.43. The predicted octanol–water partition coefficient (Wildman–Crippen LogP) is 4.41. The average molecular weight is 485 g/mol. The normalized spacial score (nSPS) is 22.1. The number of hydrogen-bond acceptors (Lipinski definition) is 5. The van der Waals surface area contributed by atoms with Gasteiger partial charge in [-0.3, -0.25) is 4.79 Å². The van der Waals surface area contributed by atoms with Crippen molar-refractivity contribution in [1.82, 2.24) is 14.9 Å². The van der Waals surface area contributed by atoms with Gasteiger partial charge in [0, 0.05) is 56.3 Å². The van der Waals surface area contributed by atoms with E-state index in [0.29, 0.717) is 37.5 Å². The molecule has 3 aliphatic rings. The third kappa shape index (κ3) is 5.57. The van der Waals surface area contributed by atoms with E-state index in [2.05, 4.69) is 21.8 Å². The number of piperidine rings is 1. The Labute approximate surface area is 205 Å². The number of rotatable bonds is 9. The van der Waals surface area contributed by atoms with Gasteiger partial charge in [-0.15, -0.1) is 0 Å². The molecule has 8 heteroatoms. The Morgan fingerprint density at radius 3 is 2.51 bits per heavy atom. The minimum Gasteiger partial charge on any atom is -0.493 e. The van der Waals surface area contributed by atoms with Gasteiger partial charge in [-0.1, -0.05) is 6.92 Å². The van der Waals surface area contributed by atoms with Gasteiger partial charge in [0.05, 0.1) is 13.0 Å². The number of halogens is 2. The van der Waals surface area contributed by atoms with Crippen LogP contribution < -0.4 is 9.64 Å². The molecular formula is C27H34F2N4O2. The van der Waals surface area contributed by atoms with Crippen LogP contribution in [0, 0.1) is 29.4 Å². The van der Waals surface area contributed by atoms with E-state index in [0.717, 1.165) is 62.8 Å². The van der Waals surface area contributed by atoms with Crippen LogP contribution in [0.1, 0.15) is 50.2 Å². The second-order valence-electron chi connectivity index (χ2n) is 10.1. The van der Waals surface area contributed by atoms with Crippen molar-refractivity contribution in [3.8, 4) is 5.75 Å². The highest BCUT2D eigenvalue weighted by molar-refractivity contribution is 5.80. The van der Waals surface area contributed by atoms with E-state index in [4.69, 9.17) is 4.74 Å². The van der Waals surface area contributed by atoms with Crippen LogP contribution in [0.3, 0.4) is 0 Å². The van der Waals surface area contributed by atoms with Crippen LogP contribution in [0.15, 0.2) is 24.5 Å². The van der Waals surface area contributed by atoms with Gasteiger partial charge < -0.3 is 14.5 Å². The Kier molecular flexibility index (Phi) is 7.16. The molecule has 0 radical (unpaired) electrons. The molecule has 3 fully saturated rings. The molecular weight excluding hydrogens is 450 g/mol. The second kappa shape index (κ2) is 10.5. The van der Waals surface area contributed by atoms with Crippen molar-refractivity contribution in [2.75, 3.05) is 37.7 Å². The first-order valence-electron chi connectivity index (χ1n) is 13.0. The second-order valence-corrected chi connectivity index (χ2v) is 10.1. The molecule has 2 atom stereocenters. The summed E-state index contributed by atoms with van der Waals surface area (Å²) in [5.74, 6) is 1.45. The van der Waals surface area contributed by atoms with Gasteiger partial charge in [0.1, 0.15) is 17.4 Å². The zero-order chi connectivity index (χ0) is 24.4. The van der Waals surface area contributed by atoms with Crippen LogP contribution in [0.5, 0.6) is 5.75 Å². The molecule has 188 valence electrons. The fourth-order valence-electron chi connectivity index (χ4n) is 5.43. The number of likely N-dealkylation sites (tertiary alicyclic amines) is 1. The lowest BCUT2D eigenvalue weighted by Gasteiger charge is -2.32. The third-order valence-electron chi connectivity index (χ3n) is 7.91. The molecule has 0 bridgehead atoms. The van der Waals surface area contributed by atoms with Crippen molar-refractivity contribution < 1.29 is 18.3 Å². The first kappa shape index (κ1) is 23.9. The number of aryl methyl sites for hydroxylation is 1. The summed E-state index contributed by atoms with van der Waals surface area (Å²) in [5.41, 5.74) is 1.32. The lowest BCUT2D eigenvalue weighted by molar-refractivity contribution is -0.133. The fourth-order valence-corrected chi connectivity index (χ4v) is 5.43. The van der Waals surface area contributed by atoms with E-state index in [1.807, 2.05) is 12.4 Å². The third-order valence-corrected chi connectivity index (χ3v) is 7.91. The van der Waals surface area contributed by atoms with E-state index >= 15 is 0 Å². The van der Waals surface area contributed by atoms with Crippen molar-refractivity contribution in [3.05, 3.63) is 47.3 Å². The van der Waals surface area contributed by atoms with Crippen LogP contribution in [-0.2, 0) is 17.6 Å². The topological polar surface area (TPSA) is 58.6 Å². The molecule has 0 N–H and O–H groups in total. The SMILES string of the molecule is CCc1cnc(N2CCC([C@@H]3C[C@H]3CCOc3cc(F)cc(F)c3CC(=O)N3CCC3)CC2)nc1. The lowest BCUT2D eigenvalue weighted by atomic mass is 9.90. The van der Waals surface area contributed by atoms with E-state index in [-0.39, 0.29) is 23.6 Å². The fraction of sp³-hybridized carbons (Fsp3) is 0.593. The molecule has 0 spiro atoms. The van der Waals surface area contributed by atoms with E-state index in [1.165, 1.54) is 12.5 Å². The molecule has 0 unspecified atom stereocenters. The minimum atomic E-state index is -0.710. The van der Waals surface area contributed by atoms with Crippen LogP contribution in [0.25, 0.3) is 0 Å². The van der Waals surface area contributed by atoms with Crippen molar-refractivity contribution in [2.24, 2.45) is 17.8 Å². The first-order chi connectivity index (χ1) is 17.0. The van der Waals surface area contributed by atoms with Gasteiger partial charge in [0.25, 0.3) is 0 Å². The number of carbonyl (C=O) groups excluding carboxylic acids is 1. The summed E-state index contributed by atoms with van der Waals surface area (Å²) in [6.07, 6.45) is 10.0. The van der Waals surface area contributed by atoms with Gasteiger partial charge in [0.15, 0.2) is 0 Å². The number of ether oxygens (including phenoxy) is 1. The molecule has 6 nitrogen and oxygen atoms in total. The van der Waals surface area contributed by atoms with E-state index < -0.39 is 11.6 Å². The standard InChI is InChI=1S/C27H34F2N4O2/c1-2-18-16-30-27(31-17-18)33-9-4-19(5-10-33)22-12-20(22)6-11-35-25-14-21(28)13-24(29)23(25)15-26(34)32-7-3-8-32/h13-14,16-17,19-20,22H,2-12,15H2,1H3/t20-,22+/m1/s1. The molecule has 2 aromatic rings. The smallest absolute Gasteiger partial charge is 0.227 e. The summed E-state index contributed by atoms with van der Waals surface area (Å²) in [5, 5.41) is 0. The number of anilines is 1. The maximum Gasteiger partial charge on any atom is 0.227 e. The van der Waals surface area contributed by atoms with Crippen LogP contribution in [0.2, 0.25) is 0 Å².